The Morgan fingerprint density at radius 3 is 2.60 bits per heavy atom. The second kappa shape index (κ2) is 9.75. The summed E-state index contributed by atoms with van der Waals surface area (Å²) in [6, 6.07) is 11.5. The molecule has 2 aromatic heterocycles. The van der Waals surface area contributed by atoms with Crippen LogP contribution >= 0.6 is 11.6 Å². The minimum Gasteiger partial charge on any atom is -0.419 e. The van der Waals surface area contributed by atoms with Crippen molar-refractivity contribution in [2.75, 3.05) is 29.0 Å². The van der Waals surface area contributed by atoms with Crippen LogP contribution < -0.4 is 15.4 Å². The third kappa shape index (κ3) is 5.60. The number of nitrogens with zero attached hydrogens (tertiary/aromatic N) is 4. The van der Waals surface area contributed by atoms with E-state index in [4.69, 9.17) is 21.8 Å². The maximum absolute atomic E-state index is 12.6. The fraction of sp³-hybridized carbons (Fsp3) is 0.458. The molecule has 0 saturated heterocycles. The summed E-state index contributed by atoms with van der Waals surface area (Å²) in [7, 11) is -2.17. The van der Waals surface area contributed by atoms with Gasteiger partial charge in [0.25, 0.3) is 0 Å². The van der Waals surface area contributed by atoms with Crippen LogP contribution in [0, 0.1) is 11.8 Å². The zero-order chi connectivity index (χ0) is 25.4. The number of halogens is 1. The quantitative estimate of drug-likeness (QED) is 0.411. The molecule has 1 aromatic carbocycles. The van der Waals surface area contributed by atoms with Crippen molar-refractivity contribution in [3.8, 4) is 11.5 Å². The third-order valence-electron chi connectivity index (χ3n) is 6.40. The second-order valence-corrected chi connectivity index (χ2v) is 12.1. The Bertz CT molecular complexity index is 1300. The van der Waals surface area contributed by atoms with Crippen LogP contribution in [0.5, 0.6) is 0 Å². The Labute approximate surface area is 211 Å². The van der Waals surface area contributed by atoms with E-state index in [9.17, 15) is 8.42 Å². The van der Waals surface area contributed by atoms with Gasteiger partial charge < -0.3 is 15.5 Å². The minimum absolute atomic E-state index is 0.0934. The monoisotopic (exact) mass is 518 g/mol. The first-order chi connectivity index (χ1) is 16.5. The van der Waals surface area contributed by atoms with Gasteiger partial charge in [-0.1, -0.05) is 48.9 Å². The van der Waals surface area contributed by atoms with Crippen LogP contribution in [0.1, 0.15) is 38.6 Å². The summed E-state index contributed by atoms with van der Waals surface area (Å²) in [6.45, 7) is 6.31. The molecule has 2 heterocycles. The summed E-state index contributed by atoms with van der Waals surface area (Å²) in [5, 5.41) is 11.8. The Morgan fingerprint density at radius 1 is 1.29 bits per heavy atom. The number of hydrogen-bond donors (Lipinski definition) is 2. The lowest BCUT2D eigenvalue weighted by molar-refractivity contribution is 0.355. The molecule has 0 aliphatic heterocycles. The lowest BCUT2D eigenvalue weighted by Gasteiger charge is -2.21. The fourth-order valence-corrected chi connectivity index (χ4v) is 5.01. The summed E-state index contributed by atoms with van der Waals surface area (Å²) in [6.07, 6.45) is 1.64. The van der Waals surface area contributed by atoms with Gasteiger partial charge in [0, 0.05) is 13.6 Å². The van der Waals surface area contributed by atoms with E-state index in [0.29, 0.717) is 29.6 Å². The topological polar surface area (TPSA) is 127 Å². The minimum atomic E-state index is -3.60. The van der Waals surface area contributed by atoms with Crippen LogP contribution in [-0.4, -0.2) is 42.9 Å². The number of sulfonamides is 1. The van der Waals surface area contributed by atoms with Crippen LogP contribution in [-0.2, 0) is 22.0 Å². The molecule has 3 aromatic rings. The first-order valence-electron chi connectivity index (χ1n) is 11.6. The Hall–Kier alpha value is -2.69. The van der Waals surface area contributed by atoms with Gasteiger partial charge in [0.05, 0.1) is 21.9 Å². The van der Waals surface area contributed by atoms with Crippen molar-refractivity contribution in [2.45, 2.75) is 39.2 Å². The molecule has 9 nitrogen and oxygen atoms in total. The first-order valence-corrected chi connectivity index (χ1v) is 13.6. The van der Waals surface area contributed by atoms with Gasteiger partial charge in [-0.05, 0) is 50.2 Å². The van der Waals surface area contributed by atoms with Crippen molar-refractivity contribution in [1.82, 2.24) is 15.2 Å². The molecule has 2 unspecified atom stereocenters. The number of rotatable bonds is 10. The number of anilines is 2. The molecule has 1 fully saturated rings. The number of aromatic nitrogens is 3. The molecule has 188 valence electrons. The van der Waals surface area contributed by atoms with Gasteiger partial charge in [0.1, 0.15) is 5.82 Å². The van der Waals surface area contributed by atoms with Crippen molar-refractivity contribution in [1.29, 1.82) is 0 Å². The molecule has 35 heavy (non-hydrogen) atoms. The molecule has 1 saturated carbocycles. The average molecular weight is 519 g/mol. The molecule has 0 amide bonds. The Morgan fingerprint density at radius 2 is 1.97 bits per heavy atom. The van der Waals surface area contributed by atoms with Crippen molar-refractivity contribution >= 4 is 33.3 Å². The van der Waals surface area contributed by atoms with Crippen LogP contribution in [0.25, 0.3) is 11.5 Å². The van der Waals surface area contributed by atoms with Crippen molar-refractivity contribution in [3.05, 3.63) is 52.9 Å². The number of benzene rings is 1. The van der Waals surface area contributed by atoms with E-state index in [1.807, 2.05) is 37.3 Å². The highest BCUT2D eigenvalue weighted by molar-refractivity contribution is 7.92. The smallest absolute Gasteiger partial charge is 0.249 e. The van der Waals surface area contributed by atoms with Crippen molar-refractivity contribution < 1.29 is 12.8 Å². The van der Waals surface area contributed by atoms with E-state index in [-0.39, 0.29) is 28.4 Å². The van der Waals surface area contributed by atoms with Gasteiger partial charge in [-0.15, -0.1) is 10.2 Å². The summed E-state index contributed by atoms with van der Waals surface area (Å²) in [5.41, 5.74) is 7.05. The Kier molecular flexibility index (Phi) is 7.08. The van der Waals surface area contributed by atoms with Crippen molar-refractivity contribution in [3.63, 3.8) is 0 Å². The standard InChI is InChI=1S/C24H31ClN6O3S/c1-5-35(32,33)31(4)21-20(25)18(12-19(28-21)27-14-17-11-15(17)2)22-29-30-23(34-22)24(3,26)13-16-9-7-6-8-10-16/h6-10,12,15,17H,5,11,13-14,26H2,1-4H3,(H,27,28)/t15?,17?,24-/m0/s1. The summed E-state index contributed by atoms with van der Waals surface area (Å²) in [4.78, 5) is 4.50. The lowest BCUT2D eigenvalue weighted by Crippen LogP contribution is -2.35. The SMILES string of the molecule is CCS(=O)(=O)N(C)c1nc(NCC2CC2C)cc(-c2nnc([C@@](C)(N)Cc3ccccc3)o2)c1Cl. The molecular weight excluding hydrogens is 488 g/mol. The highest BCUT2D eigenvalue weighted by Gasteiger charge is 2.33. The van der Waals surface area contributed by atoms with Gasteiger partial charge in [0.15, 0.2) is 5.82 Å². The summed E-state index contributed by atoms with van der Waals surface area (Å²) < 4.78 is 32.2. The molecule has 1 aliphatic carbocycles. The largest absolute Gasteiger partial charge is 0.419 e. The molecule has 4 rings (SSSR count). The van der Waals surface area contributed by atoms with E-state index in [0.717, 1.165) is 22.8 Å². The van der Waals surface area contributed by atoms with Crippen LogP contribution in [0.4, 0.5) is 11.6 Å². The van der Waals surface area contributed by atoms with E-state index in [1.54, 1.807) is 13.0 Å². The molecule has 11 heteroatoms. The summed E-state index contributed by atoms with van der Waals surface area (Å²) >= 11 is 6.67. The van der Waals surface area contributed by atoms with E-state index in [1.165, 1.54) is 7.05 Å². The van der Waals surface area contributed by atoms with Gasteiger partial charge in [-0.25, -0.2) is 13.4 Å². The second-order valence-electron chi connectivity index (χ2n) is 9.41. The molecule has 0 spiro atoms. The van der Waals surface area contributed by atoms with Crippen LogP contribution in [0.3, 0.4) is 0 Å². The lowest BCUT2D eigenvalue weighted by atomic mass is 9.94. The van der Waals surface area contributed by atoms with E-state index in [2.05, 4.69) is 27.4 Å². The van der Waals surface area contributed by atoms with Crippen molar-refractivity contribution in [2.24, 2.45) is 17.6 Å². The normalized spacial score (nSPS) is 19.3. The number of hydrogen-bond acceptors (Lipinski definition) is 8. The zero-order valence-electron chi connectivity index (χ0n) is 20.3. The maximum atomic E-state index is 12.6. The van der Waals surface area contributed by atoms with E-state index < -0.39 is 15.6 Å². The zero-order valence-corrected chi connectivity index (χ0v) is 21.9. The number of nitrogens with one attached hydrogen (secondary N) is 1. The highest BCUT2D eigenvalue weighted by atomic mass is 35.5. The number of nitrogens with two attached hydrogens (primary N) is 1. The Balaban J connectivity index is 1.70. The molecule has 1 aliphatic rings. The molecular formula is C24H31ClN6O3S. The maximum Gasteiger partial charge on any atom is 0.249 e. The van der Waals surface area contributed by atoms with Gasteiger partial charge in [-0.3, -0.25) is 4.31 Å². The van der Waals surface area contributed by atoms with Gasteiger partial charge in [-0.2, -0.15) is 0 Å². The molecule has 0 radical (unpaired) electrons. The van der Waals surface area contributed by atoms with Gasteiger partial charge in [0.2, 0.25) is 21.8 Å². The molecule has 3 N–H and O–H groups in total. The van der Waals surface area contributed by atoms with E-state index >= 15 is 0 Å². The molecule has 0 bridgehead atoms. The third-order valence-corrected chi connectivity index (χ3v) is 8.51. The predicted octanol–water partition coefficient (Wildman–Crippen LogP) is 4.06. The summed E-state index contributed by atoms with van der Waals surface area (Å²) in [5.74, 6) is 2.09. The van der Waals surface area contributed by atoms with Crippen LogP contribution in [0.15, 0.2) is 40.8 Å². The fourth-order valence-electron chi connectivity index (χ4n) is 3.87. The number of pyridine rings is 1. The predicted molar refractivity (Wildman–Crippen MR) is 138 cm³/mol. The van der Waals surface area contributed by atoms with Gasteiger partial charge >= 0.3 is 0 Å². The molecule has 3 atom stereocenters. The highest BCUT2D eigenvalue weighted by Crippen LogP contribution is 2.40. The van der Waals surface area contributed by atoms with Crippen LogP contribution in [0.2, 0.25) is 5.02 Å². The average Bonchev–Trinajstić information content (AvgIpc) is 3.30. The first kappa shape index (κ1) is 25.4.